The fourth-order valence-electron chi connectivity index (χ4n) is 2.15. The van der Waals surface area contributed by atoms with Crippen LogP contribution < -0.4 is 10.6 Å². The predicted octanol–water partition coefficient (Wildman–Crippen LogP) is 1.92. The minimum atomic E-state index is -0.649. The number of hydrogen-bond donors (Lipinski definition) is 2. The number of amides is 4. The van der Waals surface area contributed by atoms with Gasteiger partial charge in [0.25, 0.3) is 0 Å². The number of carbonyl (C=O) groups is 3. The van der Waals surface area contributed by atoms with Crippen molar-refractivity contribution in [2.24, 2.45) is 0 Å². The van der Waals surface area contributed by atoms with Gasteiger partial charge >= 0.3 is 6.03 Å². The van der Waals surface area contributed by atoms with Crippen molar-refractivity contribution in [2.75, 3.05) is 11.9 Å². The molecule has 1 aliphatic rings. The molecule has 112 valence electrons. The van der Waals surface area contributed by atoms with Crippen LogP contribution in [0.5, 0.6) is 0 Å². The van der Waals surface area contributed by atoms with Crippen molar-refractivity contribution in [1.82, 2.24) is 10.2 Å². The smallest absolute Gasteiger partial charge is 0.308 e. The van der Waals surface area contributed by atoms with Crippen LogP contribution >= 0.6 is 11.6 Å². The average Bonchev–Trinajstić information content (AvgIpc) is 2.42. The summed E-state index contributed by atoms with van der Waals surface area (Å²) in [4.78, 5) is 36.6. The van der Waals surface area contributed by atoms with E-state index in [4.69, 9.17) is 11.6 Å². The number of piperazine rings is 1. The summed E-state index contributed by atoms with van der Waals surface area (Å²) in [7, 11) is 0. The number of imide groups is 1. The summed E-state index contributed by atoms with van der Waals surface area (Å²) >= 11 is 6.00. The topological polar surface area (TPSA) is 78.5 Å². The van der Waals surface area contributed by atoms with E-state index in [1.807, 2.05) is 6.92 Å². The van der Waals surface area contributed by atoms with Crippen molar-refractivity contribution in [2.45, 2.75) is 26.3 Å². The maximum Gasteiger partial charge on any atom is 0.323 e. The highest BCUT2D eigenvalue weighted by Gasteiger charge is 2.35. The second kappa shape index (κ2) is 6.13. The zero-order valence-electron chi connectivity index (χ0n) is 11.8. The average molecular weight is 310 g/mol. The molecule has 1 aromatic carbocycles. The minimum absolute atomic E-state index is 0.143. The van der Waals surface area contributed by atoms with E-state index >= 15 is 0 Å². The highest BCUT2D eigenvalue weighted by Crippen LogP contribution is 2.21. The van der Waals surface area contributed by atoms with Crippen molar-refractivity contribution in [1.29, 1.82) is 0 Å². The van der Waals surface area contributed by atoms with Crippen LogP contribution in [0.15, 0.2) is 18.2 Å². The van der Waals surface area contributed by atoms with Crippen LogP contribution in [0.4, 0.5) is 10.5 Å². The first-order chi connectivity index (χ1) is 9.92. The monoisotopic (exact) mass is 309 g/mol. The molecule has 1 aliphatic heterocycles. The number of nitrogens with zero attached hydrogens (tertiary/aromatic N) is 1. The summed E-state index contributed by atoms with van der Waals surface area (Å²) < 4.78 is 0. The van der Waals surface area contributed by atoms with E-state index in [1.54, 1.807) is 25.1 Å². The molecule has 1 atom stereocenters. The van der Waals surface area contributed by atoms with Gasteiger partial charge in [-0.05, 0) is 31.0 Å². The first-order valence-corrected chi connectivity index (χ1v) is 6.97. The number of urea groups is 1. The van der Waals surface area contributed by atoms with Crippen molar-refractivity contribution in [3.8, 4) is 0 Å². The van der Waals surface area contributed by atoms with E-state index < -0.39 is 23.9 Å². The zero-order valence-corrected chi connectivity index (χ0v) is 12.5. The highest BCUT2D eigenvalue weighted by atomic mass is 35.5. The Balaban J connectivity index is 2.15. The summed E-state index contributed by atoms with van der Waals surface area (Å²) in [5.74, 6) is -0.937. The van der Waals surface area contributed by atoms with Gasteiger partial charge in [0.15, 0.2) is 0 Å². The van der Waals surface area contributed by atoms with Crippen LogP contribution in [0.3, 0.4) is 0 Å². The lowest BCUT2D eigenvalue weighted by Gasteiger charge is -2.33. The lowest BCUT2D eigenvalue weighted by atomic mass is 10.1. The number of carbonyl (C=O) groups excluding carboxylic acids is 3. The number of benzene rings is 1. The van der Waals surface area contributed by atoms with Crippen LogP contribution in [0.25, 0.3) is 0 Å². The van der Waals surface area contributed by atoms with Crippen molar-refractivity contribution < 1.29 is 14.4 Å². The van der Waals surface area contributed by atoms with E-state index in [-0.39, 0.29) is 6.54 Å². The molecule has 6 nitrogen and oxygen atoms in total. The largest absolute Gasteiger partial charge is 0.323 e. The third-order valence-electron chi connectivity index (χ3n) is 3.33. The van der Waals surface area contributed by atoms with Gasteiger partial charge in [-0.25, -0.2) is 4.79 Å². The van der Waals surface area contributed by atoms with Gasteiger partial charge in [-0.15, -0.1) is 0 Å². The molecule has 4 amide bonds. The molecule has 1 heterocycles. The quantitative estimate of drug-likeness (QED) is 0.819. The summed E-state index contributed by atoms with van der Waals surface area (Å²) in [5, 5.41) is 5.41. The molecule has 1 aromatic rings. The first-order valence-electron chi connectivity index (χ1n) is 6.60. The Labute approximate surface area is 127 Å². The molecule has 2 rings (SSSR count). The van der Waals surface area contributed by atoms with Gasteiger partial charge < -0.3 is 10.2 Å². The molecule has 7 heteroatoms. The molecule has 0 aliphatic carbocycles. The Morgan fingerprint density at radius 3 is 2.81 bits per heavy atom. The molecule has 0 spiro atoms. The van der Waals surface area contributed by atoms with Crippen molar-refractivity contribution in [3.05, 3.63) is 28.8 Å². The summed E-state index contributed by atoms with van der Waals surface area (Å²) in [5.41, 5.74) is 1.41. The molecule has 1 saturated heterocycles. The molecule has 0 radical (unpaired) electrons. The van der Waals surface area contributed by atoms with Crippen LogP contribution in [0.2, 0.25) is 5.02 Å². The second-order valence-electron chi connectivity index (χ2n) is 4.86. The number of aryl methyl sites for hydroxylation is 1. The van der Waals surface area contributed by atoms with Gasteiger partial charge in [0, 0.05) is 10.7 Å². The van der Waals surface area contributed by atoms with Crippen LogP contribution in [0.1, 0.15) is 18.9 Å². The fourth-order valence-corrected chi connectivity index (χ4v) is 2.33. The Morgan fingerprint density at radius 1 is 1.48 bits per heavy atom. The maximum atomic E-state index is 12.3. The van der Waals surface area contributed by atoms with Gasteiger partial charge in [0.1, 0.15) is 12.6 Å². The predicted molar refractivity (Wildman–Crippen MR) is 79.1 cm³/mol. The summed E-state index contributed by atoms with van der Waals surface area (Å²) in [6.07, 6.45) is 0.432. The molecule has 1 unspecified atom stereocenters. The normalized spacial score (nSPS) is 18.4. The van der Waals surface area contributed by atoms with Crippen molar-refractivity contribution >= 4 is 35.1 Å². The Morgan fingerprint density at radius 2 is 2.19 bits per heavy atom. The van der Waals surface area contributed by atoms with Crippen molar-refractivity contribution in [3.63, 3.8) is 0 Å². The SMILES string of the molecule is CCC1C(=O)NC(=O)CN1C(=O)Nc1ccc(C)c(Cl)c1. The maximum absolute atomic E-state index is 12.3. The number of halogens is 1. The lowest BCUT2D eigenvalue weighted by Crippen LogP contribution is -2.60. The van der Waals surface area contributed by atoms with Crippen LogP contribution in [-0.4, -0.2) is 35.3 Å². The lowest BCUT2D eigenvalue weighted by molar-refractivity contribution is -0.138. The van der Waals surface area contributed by atoms with Crippen LogP contribution in [-0.2, 0) is 9.59 Å². The molecule has 0 saturated carbocycles. The van der Waals surface area contributed by atoms with E-state index in [2.05, 4.69) is 10.6 Å². The van der Waals surface area contributed by atoms with Gasteiger partial charge in [0.2, 0.25) is 11.8 Å². The second-order valence-corrected chi connectivity index (χ2v) is 5.27. The Bertz CT molecular complexity index is 603. The summed E-state index contributed by atoms with van der Waals surface area (Å²) in [6, 6.07) is 3.98. The Kier molecular flexibility index (Phi) is 4.47. The minimum Gasteiger partial charge on any atom is -0.308 e. The number of nitrogens with one attached hydrogen (secondary N) is 2. The standard InChI is InChI=1S/C14H16ClN3O3/c1-3-11-13(20)17-12(19)7-18(11)14(21)16-9-5-4-8(2)10(15)6-9/h4-6,11H,3,7H2,1-2H3,(H,16,21)(H,17,19,20). The van der Waals surface area contributed by atoms with E-state index in [0.29, 0.717) is 17.1 Å². The van der Waals surface area contributed by atoms with Gasteiger partial charge in [-0.1, -0.05) is 24.6 Å². The first kappa shape index (κ1) is 15.3. The zero-order chi connectivity index (χ0) is 15.6. The number of anilines is 1. The molecule has 1 fully saturated rings. The van der Waals surface area contributed by atoms with E-state index in [1.165, 1.54) is 4.90 Å². The number of rotatable bonds is 2. The van der Waals surface area contributed by atoms with Gasteiger partial charge in [-0.2, -0.15) is 0 Å². The van der Waals surface area contributed by atoms with Crippen LogP contribution in [0, 0.1) is 6.92 Å². The molecular weight excluding hydrogens is 294 g/mol. The molecule has 2 N–H and O–H groups in total. The van der Waals surface area contributed by atoms with E-state index in [0.717, 1.165) is 5.56 Å². The molecule has 0 aromatic heterocycles. The molecular formula is C14H16ClN3O3. The number of hydrogen-bond acceptors (Lipinski definition) is 3. The Hall–Kier alpha value is -2.08. The highest BCUT2D eigenvalue weighted by molar-refractivity contribution is 6.31. The fraction of sp³-hybridized carbons (Fsp3) is 0.357. The molecule has 0 bridgehead atoms. The van der Waals surface area contributed by atoms with Gasteiger partial charge in [-0.3, -0.25) is 14.9 Å². The van der Waals surface area contributed by atoms with E-state index in [9.17, 15) is 14.4 Å². The van der Waals surface area contributed by atoms with Gasteiger partial charge in [0.05, 0.1) is 0 Å². The summed E-state index contributed by atoms with van der Waals surface area (Å²) in [6.45, 7) is 3.49. The third kappa shape index (κ3) is 3.33. The third-order valence-corrected chi connectivity index (χ3v) is 3.73. The molecule has 21 heavy (non-hydrogen) atoms.